The number of nitrogens with zero attached hydrogens (tertiary/aromatic N) is 2. The van der Waals surface area contributed by atoms with Crippen LogP contribution in [0.4, 0.5) is 5.69 Å². The monoisotopic (exact) mass is 540 g/mol. The first kappa shape index (κ1) is 25.6. The van der Waals surface area contributed by atoms with Crippen molar-refractivity contribution in [2.24, 2.45) is 0 Å². The molecule has 0 radical (unpaired) electrons. The number of hydrogen-bond donors (Lipinski definition) is 2. The summed E-state index contributed by atoms with van der Waals surface area (Å²) >= 11 is 0. The summed E-state index contributed by atoms with van der Waals surface area (Å²) in [5.74, 6) is 0.00368. The van der Waals surface area contributed by atoms with E-state index in [1.807, 2.05) is 61.9 Å². The second kappa shape index (κ2) is 10.00. The molecule has 0 atom stereocenters. The minimum atomic E-state index is -3.39. The van der Waals surface area contributed by atoms with Gasteiger partial charge in [0.05, 0.1) is 17.2 Å². The van der Waals surface area contributed by atoms with Crippen LogP contribution in [0.25, 0.3) is 5.57 Å². The summed E-state index contributed by atoms with van der Waals surface area (Å²) in [6, 6.07) is 16.5. The maximum absolute atomic E-state index is 13.0. The Morgan fingerprint density at radius 3 is 2.41 bits per heavy atom. The van der Waals surface area contributed by atoms with Crippen LogP contribution in [0.5, 0.6) is 0 Å². The van der Waals surface area contributed by atoms with Gasteiger partial charge in [-0.05, 0) is 42.7 Å². The highest BCUT2D eigenvalue weighted by Gasteiger charge is 2.29. The number of piperidine rings is 1. The number of sulfone groups is 1. The number of H-pyrrole nitrogens is 1. The van der Waals surface area contributed by atoms with E-state index in [-0.39, 0.29) is 16.7 Å². The molecule has 3 aromatic rings. The number of rotatable bonds is 7. The zero-order chi connectivity index (χ0) is 26.2. The topological polar surface area (TPSA) is 103 Å². The van der Waals surface area contributed by atoms with E-state index < -0.39 is 19.9 Å². The Morgan fingerprint density at radius 1 is 0.973 bits per heavy atom. The zero-order valence-corrected chi connectivity index (χ0v) is 22.6. The average Bonchev–Trinajstić information content (AvgIpc) is 3.32. The van der Waals surface area contributed by atoms with Crippen LogP contribution in [-0.2, 0) is 32.2 Å². The van der Waals surface area contributed by atoms with Crippen LogP contribution in [0.15, 0.2) is 71.9 Å². The lowest BCUT2D eigenvalue weighted by molar-refractivity contribution is 0.329. The number of anilines is 1. The van der Waals surface area contributed by atoms with Crippen LogP contribution in [0, 0.1) is 0 Å². The van der Waals surface area contributed by atoms with E-state index in [4.69, 9.17) is 0 Å². The highest BCUT2D eigenvalue weighted by atomic mass is 32.2. The van der Waals surface area contributed by atoms with Crippen molar-refractivity contribution < 1.29 is 16.8 Å². The predicted molar refractivity (Wildman–Crippen MR) is 146 cm³/mol. The molecule has 10 heteroatoms. The van der Waals surface area contributed by atoms with Crippen molar-refractivity contribution in [3.05, 3.63) is 89.4 Å². The third kappa shape index (κ3) is 5.61. The Bertz CT molecular complexity index is 1520. The molecule has 2 aromatic carbocycles. The fourth-order valence-electron chi connectivity index (χ4n) is 5.06. The van der Waals surface area contributed by atoms with Crippen molar-refractivity contribution in [1.82, 2.24) is 14.2 Å². The number of hydrogen-bond acceptors (Lipinski definition) is 6. The Labute approximate surface area is 219 Å². The maximum atomic E-state index is 13.0. The van der Waals surface area contributed by atoms with Gasteiger partial charge in [0.25, 0.3) is 0 Å². The highest BCUT2D eigenvalue weighted by Crippen LogP contribution is 2.37. The highest BCUT2D eigenvalue weighted by molar-refractivity contribution is 7.90. The lowest BCUT2D eigenvalue weighted by Crippen LogP contribution is -2.42. The molecule has 196 valence electrons. The Hall–Kier alpha value is -3.08. The molecule has 0 bridgehead atoms. The zero-order valence-electron chi connectivity index (χ0n) is 21.0. The van der Waals surface area contributed by atoms with E-state index in [9.17, 15) is 16.8 Å². The molecule has 5 rings (SSSR count). The van der Waals surface area contributed by atoms with Gasteiger partial charge in [-0.1, -0.05) is 30.3 Å². The summed E-state index contributed by atoms with van der Waals surface area (Å²) in [6.07, 6.45) is 6.48. The lowest BCUT2D eigenvalue weighted by atomic mass is 9.94. The van der Waals surface area contributed by atoms with E-state index >= 15 is 0 Å². The molecule has 2 aliphatic rings. The Kier molecular flexibility index (Phi) is 6.91. The molecule has 0 amide bonds. The summed E-state index contributed by atoms with van der Waals surface area (Å²) in [5.41, 5.74) is 5.51. The van der Waals surface area contributed by atoms with E-state index in [1.165, 1.54) is 6.26 Å². The molecule has 2 N–H and O–H groups in total. The minimum Gasteiger partial charge on any atom is -0.382 e. The van der Waals surface area contributed by atoms with Crippen molar-refractivity contribution in [2.45, 2.75) is 36.1 Å². The quantitative estimate of drug-likeness (QED) is 0.474. The molecule has 2 aliphatic heterocycles. The SMILES string of the molecule is CN1C=C(c2cc(S(C)(=O)=O)ccc2NC2CCN(S(=O)(=O)Cc3ccccc3)CC2)c2cc[nH]c2C1. The van der Waals surface area contributed by atoms with Gasteiger partial charge in [0, 0.05) is 72.9 Å². The van der Waals surface area contributed by atoms with E-state index in [0.29, 0.717) is 25.9 Å². The number of nitrogens with one attached hydrogen (secondary N) is 2. The lowest BCUT2D eigenvalue weighted by Gasteiger charge is -2.33. The summed E-state index contributed by atoms with van der Waals surface area (Å²) in [4.78, 5) is 5.62. The molecule has 3 heterocycles. The van der Waals surface area contributed by atoms with Crippen LogP contribution in [-0.4, -0.2) is 63.5 Å². The third-order valence-corrected chi connectivity index (χ3v) is 9.95. The number of aromatic amines is 1. The first-order valence-corrected chi connectivity index (χ1v) is 15.8. The van der Waals surface area contributed by atoms with Crippen LogP contribution in [0.1, 0.15) is 35.2 Å². The Morgan fingerprint density at radius 2 is 1.70 bits per heavy atom. The van der Waals surface area contributed by atoms with E-state index in [0.717, 1.165) is 40.2 Å². The van der Waals surface area contributed by atoms with Crippen LogP contribution >= 0.6 is 0 Å². The van der Waals surface area contributed by atoms with Gasteiger partial charge in [-0.2, -0.15) is 0 Å². The normalized spacial score (nSPS) is 17.4. The van der Waals surface area contributed by atoms with E-state index in [2.05, 4.69) is 15.2 Å². The van der Waals surface area contributed by atoms with Crippen LogP contribution < -0.4 is 5.32 Å². The molecule has 0 saturated carbocycles. The van der Waals surface area contributed by atoms with Crippen molar-refractivity contribution in [3.63, 3.8) is 0 Å². The van der Waals surface area contributed by atoms with Gasteiger partial charge in [-0.25, -0.2) is 21.1 Å². The molecule has 8 nitrogen and oxygen atoms in total. The summed E-state index contributed by atoms with van der Waals surface area (Å²) in [6.45, 7) is 1.63. The van der Waals surface area contributed by atoms with Gasteiger partial charge in [0.2, 0.25) is 10.0 Å². The van der Waals surface area contributed by atoms with Crippen LogP contribution in [0.2, 0.25) is 0 Å². The predicted octanol–water partition coefficient (Wildman–Crippen LogP) is 3.66. The van der Waals surface area contributed by atoms with E-state index in [1.54, 1.807) is 16.4 Å². The van der Waals surface area contributed by atoms with Gasteiger partial charge in [-0.3, -0.25) is 0 Å². The average molecular weight is 541 g/mol. The van der Waals surface area contributed by atoms with Crippen molar-refractivity contribution in [3.8, 4) is 0 Å². The molecule has 37 heavy (non-hydrogen) atoms. The summed E-state index contributed by atoms with van der Waals surface area (Å²) in [7, 11) is -4.79. The smallest absolute Gasteiger partial charge is 0.218 e. The molecule has 1 aromatic heterocycles. The maximum Gasteiger partial charge on any atom is 0.218 e. The van der Waals surface area contributed by atoms with Gasteiger partial charge in [0.15, 0.2) is 9.84 Å². The molecule has 1 saturated heterocycles. The van der Waals surface area contributed by atoms with Crippen molar-refractivity contribution >= 4 is 31.1 Å². The first-order valence-electron chi connectivity index (χ1n) is 12.3. The van der Waals surface area contributed by atoms with Gasteiger partial charge in [0.1, 0.15) is 0 Å². The first-order chi connectivity index (χ1) is 17.6. The molecule has 0 unspecified atom stereocenters. The van der Waals surface area contributed by atoms with Gasteiger partial charge >= 0.3 is 0 Å². The van der Waals surface area contributed by atoms with Crippen molar-refractivity contribution in [2.75, 3.05) is 31.7 Å². The number of benzene rings is 2. The molecule has 0 spiro atoms. The molecular weight excluding hydrogens is 508 g/mol. The second-order valence-corrected chi connectivity index (χ2v) is 13.9. The largest absolute Gasteiger partial charge is 0.382 e. The standard InChI is InChI=1S/C27H32N4O4S2/c1-30-17-25(23-10-13-28-27(23)18-30)24-16-22(36(2,32)33)8-9-26(24)29-21-11-14-31(15-12-21)37(34,35)19-20-6-4-3-5-7-20/h3-10,13,16-17,21,28-29H,11-12,14-15,18-19H2,1-2H3. The molecule has 0 aliphatic carbocycles. The fraction of sp³-hybridized carbons (Fsp3) is 0.333. The molecule has 1 fully saturated rings. The van der Waals surface area contributed by atoms with Gasteiger partial charge < -0.3 is 15.2 Å². The number of sulfonamides is 1. The summed E-state index contributed by atoms with van der Waals surface area (Å²) < 4.78 is 52.3. The Balaban J connectivity index is 1.37. The van der Waals surface area contributed by atoms with Crippen molar-refractivity contribution in [1.29, 1.82) is 0 Å². The third-order valence-electron chi connectivity index (χ3n) is 6.99. The number of fused-ring (bicyclic) bond motifs is 1. The summed E-state index contributed by atoms with van der Waals surface area (Å²) in [5, 5.41) is 3.60. The van der Waals surface area contributed by atoms with Crippen LogP contribution in [0.3, 0.4) is 0 Å². The minimum absolute atomic E-state index is 0.00368. The van der Waals surface area contributed by atoms with Gasteiger partial charge in [-0.15, -0.1) is 0 Å². The second-order valence-electron chi connectivity index (χ2n) is 9.87. The fourth-order valence-corrected chi connectivity index (χ4v) is 7.27. The number of aromatic nitrogens is 1. The molecular formula is C27H32N4O4S2.